The molecule has 0 aliphatic rings. The van der Waals surface area contributed by atoms with E-state index in [9.17, 15) is 0 Å². The Bertz CT molecular complexity index is 458. The highest BCUT2D eigenvalue weighted by Crippen LogP contribution is 2.36. The third-order valence-corrected chi connectivity index (χ3v) is 7.72. The average molecular weight is 277 g/mol. The lowest BCUT2D eigenvalue weighted by Gasteiger charge is -2.34. The Morgan fingerprint density at radius 2 is 1.84 bits per heavy atom. The Labute approximate surface area is 117 Å². The molecule has 0 radical (unpaired) electrons. The topological polar surface area (TPSA) is 42.2 Å². The van der Waals surface area contributed by atoms with Gasteiger partial charge in [-0.05, 0) is 29.3 Å². The minimum absolute atomic E-state index is 0.135. The van der Waals surface area contributed by atoms with E-state index in [4.69, 9.17) is 14.7 Å². The van der Waals surface area contributed by atoms with Gasteiger partial charge in [0.25, 0.3) is 0 Å². The van der Waals surface area contributed by atoms with E-state index in [0.717, 1.165) is 11.1 Å². The van der Waals surface area contributed by atoms with E-state index < -0.39 is 8.32 Å². The molecule has 0 heterocycles. The number of benzene rings is 1. The number of hydrogen-bond donors (Lipinski definition) is 0. The summed E-state index contributed by atoms with van der Waals surface area (Å²) in [6.07, 6.45) is 0.428. The third kappa shape index (κ3) is 4.79. The lowest BCUT2D eigenvalue weighted by atomic mass is 10.1. The Kier molecular flexibility index (Phi) is 5.30. The minimum Gasteiger partial charge on any atom is -0.286 e. The summed E-state index contributed by atoms with van der Waals surface area (Å²) in [6.45, 7) is 11.3. The average Bonchev–Trinajstić information content (AvgIpc) is 2.28. The highest BCUT2D eigenvalue weighted by molar-refractivity contribution is 6.73. The molecule has 1 aromatic rings. The molecule has 0 bridgehead atoms. The smallest absolute Gasteiger partial charge is 0.238 e. The van der Waals surface area contributed by atoms with E-state index in [0.29, 0.717) is 13.0 Å². The lowest BCUT2D eigenvalue weighted by Crippen LogP contribution is -2.40. The largest absolute Gasteiger partial charge is 0.286 e. The summed E-state index contributed by atoms with van der Waals surface area (Å²) < 4.78 is 5.67. The number of nitrogens with zero attached hydrogens (tertiary/aromatic N) is 1. The van der Waals surface area contributed by atoms with Crippen LogP contribution in [-0.4, -0.2) is 8.32 Å². The van der Waals surface area contributed by atoms with Gasteiger partial charge < -0.3 is 0 Å². The van der Waals surface area contributed by atoms with E-state index >= 15 is 0 Å². The summed E-state index contributed by atoms with van der Waals surface area (Å²) in [6, 6.07) is 10.0. The highest BCUT2D eigenvalue weighted by Gasteiger charge is 2.39. The zero-order valence-electron chi connectivity index (χ0n) is 12.5. The van der Waals surface area contributed by atoms with Gasteiger partial charge in [0.2, 0.25) is 8.32 Å². The van der Waals surface area contributed by atoms with Crippen molar-refractivity contribution in [2.75, 3.05) is 0 Å². The van der Waals surface area contributed by atoms with Crippen molar-refractivity contribution in [1.29, 1.82) is 5.26 Å². The SMILES string of the molecule is CC(C)(C)[Si](C)(C)OOCc1cccc(CC#N)c1. The first-order valence-electron chi connectivity index (χ1n) is 6.52. The maximum atomic E-state index is 8.68. The van der Waals surface area contributed by atoms with E-state index in [-0.39, 0.29) is 5.04 Å². The van der Waals surface area contributed by atoms with Gasteiger partial charge in [0.1, 0.15) is 6.61 Å². The van der Waals surface area contributed by atoms with Gasteiger partial charge in [0, 0.05) is 0 Å². The second-order valence-corrected chi connectivity index (χ2v) is 10.9. The fourth-order valence-electron chi connectivity index (χ4n) is 1.29. The van der Waals surface area contributed by atoms with Crippen LogP contribution in [-0.2, 0) is 22.5 Å². The predicted octanol–water partition coefficient (Wildman–Crippen LogP) is 4.21. The molecule has 0 amide bonds. The Morgan fingerprint density at radius 3 is 2.42 bits per heavy atom. The highest BCUT2D eigenvalue weighted by atomic mass is 28.4. The molecule has 0 atom stereocenters. The van der Waals surface area contributed by atoms with Crippen LogP contribution in [0.15, 0.2) is 24.3 Å². The monoisotopic (exact) mass is 277 g/mol. The zero-order chi connectivity index (χ0) is 14.5. The van der Waals surface area contributed by atoms with E-state index in [1.807, 2.05) is 24.3 Å². The van der Waals surface area contributed by atoms with Crippen molar-refractivity contribution < 1.29 is 9.46 Å². The van der Waals surface area contributed by atoms with Crippen LogP contribution < -0.4 is 0 Å². The first kappa shape index (κ1) is 15.9. The standard InChI is InChI=1S/C15H23NO2Si/c1-15(2,3)19(4,5)18-17-12-14-8-6-7-13(11-14)9-10-16/h6-8,11H,9,12H2,1-5H3. The summed E-state index contributed by atoms with van der Waals surface area (Å²) in [5.41, 5.74) is 2.04. The van der Waals surface area contributed by atoms with Crippen LogP contribution in [0, 0.1) is 11.3 Å². The van der Waals surface area contributed by atoms with Crippen molar-refractivity contribution in [3.63, 3.8) is 0 Å². The van der Waals surface area contributed by atoms with Gasteiger partial charge in [-0.15, -0.1) is 0 Å². The van der Waals surface area contributed by atoms with Crippen LogP contribution in [0.2, 0.25) is 18.1 Å². The molecule has 0 N–H and O–H groups in total. The molecule has 1 aromatic carbocycles. The van der Waals surface area contributed by atoms with Gasteiger partial charge in [-0.3, -0.25) is 4.58 Å². The molecule has 4 heteroatoms. The number of nitriles is 1. The molecular formula is C15H23NO2Si. The minimum atomic E-state index is -1.86. The Morgan fingerprint density at radius 1 is 1.21 bits per heavy atom. The molecule has 0 aliphatic carbocycles. The fraction of sp³-hybridized carbons (Fsp3) is 0.533. The summed E-state index contributed by atoms with van der Waals surface area (Å²) >= 11 is 0. The van der Waals surface area contributed by atoms with Crippen molar-refractivity contribution in [3.05, 3.63) is 35.4 Å². The maximum Gasteiger partial charge on any atom is 0.238 e. The number of hydrogen-bond acceptors (Lipinski definition) is 3. The first-order chi connectivity index (χ1) is 8.76. The van der Waals surface area contributed by atoms with E-state index in [1.54, 1.807) is 0 Å². The summed E-state index contributed by atoms with van der Waals surface area (Å²) in [5, 5.41) is 8.82. The molecule has 0 aromatic heterocycles. The van der Waals surface area contributed by atoms with Gasteiger partial charge in [-0.1, -0.05) is 45.0 Å². The van der Waals surface area contributed by atoms with Gasteiger partial charge >= 0.3 is 0 Å². The molecule has 0 spiro atoms. The fourth-order valence-corrected chi connectivity index (χ4v) is 1.89. The summed E-state index contributed by atoms with van der Waals surface area (Å²) in [7, 11) is -1.86. The van der Waals surface area contributed by atoms with Crippen LogP contribution in [0.4, 0.5) is 0 Å². The molecule has 0 unspecified atom stereocenters. The molecule has 0 aliphatic heterocycles. The molecule has 0 fully saturated rings. The molecular weight excluding hydrogens is 254 g/mol. The lowest BCUT2D eigenvalue weighted by molar-refractivity contribution is -0.231. The van der Waals surface area contributed by atoms with Crippen LogP contribution in [0.5, 0.6) is 0 Å². The quantitative estimate of drug-likeness (QED) is 0.460. The second-order valence-electron chi connectivity index (χ2n) is 6.26. The third-order valence-electron chi connectivity index (χ3n) is 3.57. The van der Waals surface area contributed by atoms with Crippen LogP contribution in [0.3, 0.4) is 0 Å². The molecule has 104 valence electrons. The predicted molar refractivity (Wildman–Crippen MR) is 78.8 cm³/mol. The van der Waals surface area contributed by atoms with Crippen LogP contribution in [0.25, 0.3) is 0 Å². The zero-order valence-corrected chi connectivity index (χ0v) is 13.5. The molecule has 0 saturated heterocycles. The van der Waals surface area contributed by atoms with Gasteiger partial charge in [-0.2, -0.15) is 5.26 Å². The van der Waals surface area contributed by atoms with E-state index in [2.05, 4.69) is 39.9 Å². The van der Waals surface area contributed by atoms with Crippen molar-refractivity contribution in [3.8, 4) is 6.07 Å². The normalized spacial score (nSPS) is 12.2. The maximum absolute atomic E-state index is 8.68. The van der Waals surface area contributed by atoms with Gasteiger partial charge in [-0.25, -0.2) is 4.89 Å². The first-order valence-corrected chi connectivity index (χ1v) is 9.42. The number of rotatable bonds is 5. The van der Waals surface area contributed by atoms with Crippen LogP contribution >= 0.6 is 0 Å². The van der Waals surface area contributed by atoms with Gasteiger partial charge in [0.05, 0.1) is 12.5 Å². The second kappa shape index (κ2) is 6.33. The van der Waals surface area contributed by atoms with Crippen LogP contribution in [0.1, 0.15) is 31.9 Å². The summed E-state index contributed by atoms with van der Waals surface area (Å²) in [4.78, 5) is 5.42. The van der Waals surface area contributed by atoms with E-state index in [1.165, 1.54) is 0 Å². The molecule has 1 rings (SSSR count). The summed E-state index contributed by atoms with van der Waals surface area (Å²) in [5.74, 6) is 0. The Balaban J connectivity index is 2.54. The van der Waals surface area contributed by atoms with Crippen molar-refractivity contribution in [1.82, 2.24) is 0 Å². The van der Waals surface area contributed by atoms with Crippen molar-refractivity contribution in [2.45, 2.75) is 51.9 Å². The Hall–Kier alpha value is -1.15. The molecule has 3 nitrogen and oxygen atoms in total. The molecule has 0 saturated carbocycles. The van der Waals surface area contributed by atoms with Crippen molar-refractivity contribution >= 4 is 8.32 Å². The van der Waals surface area contributed by atoms with Gasteiger partial charge in [0.15, 0.2) is 0 Å². The van der Waals surface area contributed by atoms with Crippen molar-refractivity contribution in [2.24, 2.45) is 0 Å². The molecule has 19 heavy (non-hydrogen) atoms.